The predicted molar refractivity (Wildman–Crippen MR) is 132 cm³/mol. The van der Waals surface area contributed by atoms with Gasteiger partial charge >= 0.3 is 0 Å². The van der Waals surface area contributed by atoms with Crippen LogP contribution in [0.1, 0.15) is 0 Å². The summed E-state index contributed by atoms with van der Waals surface area (Å²) in [4.78, 5) is 9.26. The second kappa shape index (κ2) is 7.47. The number of methoxy groups -OCH3 is 1. The highest BCUT2D eigenvalue weighted by atomic mass is 16.5. The maximum Gasteiger partial charge on any atom is 0.118 e. The van der Waals surface area contributed by atoms with Crippen LogP contribution in [0.3, 0.4) is 0 Å². The normalized spacial score (nSPS) is 11.3. The van der Waals surface area contributed by atoms with Crippen molar-refractivity contribution in [1.82, 2.24) is 9.97 Å². The summed E-state index contributed by atoms with van der Waals surface area (Å²) in [5.74, 6) is 0.855. The Hall–Kier alpha value is -4.24. The van der Waals surface area contributed by atoms with Gasteiger partial charge in [-0.25, -0.2) is 4.98 Å². The fraction of sp³-hybridized carbons (Fsp3) is 0.0345. The third-order valence-electron chi connectivity index (χ3n) is 6.06. The standard InChI is InChI=1S/C29H20N2O/c1-32-21-13-10-20(11-14-21)28-22-6-2-4-8-24(22)29(25-9-5-3-7-23(25)28)26-15-12-19-16-17-30-18-27(19)31-26/h2-18H,1H3. The van der Waals surface area contributed by atoms with Gasteiger partial charge in [0.2, 0.25) is 0 Å². The Morgan fingerprint density at radius 2 is 1.25 bits per heavy atom. The third-order valence-corrected chi connectivity index (χ3v) is 6.06. The number of hydrogen-bond donors (Lipinski definition) is 0. The molecule has 0 unspecified atom stereocenters. The Balaban J connectivity index is 1.73. The van der Waals surface area contributed by atoms with Crippen molar-refractivity contribution < 1.29 is 4.74 Å². The van der Waals surface area contributed by atoms with Crippen LogP contribution in [-0.2, 0) is 0 Å². The van der Waals surface area contributed by atoms with Gasteiger partial charge in [-0.05, 0) is 56.9 Å². The number of pyridine rings is 2. The van der Waals surface area contributed by atoms with Crippen molar-refractivity contribution in [3.05, 3.63) is 103 Å². The van der Waals surface area contributed by atoms with Crippen LogP contribution in [0.25, 0.3) is 54.8 Å². The van der Waals surface area contributed by atoms with Crippen LogP contribution in [0.4, 0.5) is 0 Å². The van der Waals surface area contributed by atoms with Crippen LogP contribution in [-0.4, -0.2) is 17.1 Å². The predicted octanol–water partition coefficient (Wildman–Crippen LogP) is 7.28. The molecule has 0 amide bonds. The van der Waals surface area contributed by atoms with Gasteiger partial charge in [0, 0.05) is 17.1 Å². The lowest BCUT2D eigenvalue weighted by Crippen LogP contribution is -1.93. The minimum Gasteiger partial charge on any atom is -0.497 e. The van der Waals surface area contributed by atoms with Gasteiger partial charge in [-0.1, -0.05) is 66.7 Å². The maximum atomic E-state index is 5.38. The Bertz CT molecular complexity index is 1550. The number of hydrogen-bond acceptors (Lipinski definition) is 3. The van der Waals surface area contributed by atoms with Crippen molar-refractivity contribution in [3.8, 4) is 28.1 Å². The Morgan fingerprint density at radius 1 is 0.625 bits per heavy atom. The summed E-state index contributed by atoms with van der Waals surface area (Å²) in [6.45, 7) is 0. The fourth-order valence-electron chi connectivity index (χ4n) is 4.58. The smallest absolute Gasteiger partial charge is 0.118 e. The van der Waals surface area contributed by atoms with E-state index in [1.165, 1.54) is 32.7 Å². The average Bonchev–Trinajstić information content (AvgIpc) is 2.87. The molecule has 6 aromatic rings. The average molecular weight is 412 g/mol. The van der Waals surface area contributed by atoms with E-state index >= 15 is 0 Å². The van der Waals surface area contributed by atoms with Crippen molar-refractivity contribution in [1.29, 1.82) is 0 Å². The minimum absolute atomic E-state index is 0.855. The number of rotatable bonds is 3. The lowest BCUT2D eigenvalue weighted by atomic mass is 9.87. The van der Waals surface area contributed by atoms with Gasteiger partial charge in [-0.3, -0.25) is 4.98 Å². The molecule has 0 N–H and O–H groups in total. The van der Waals surface area contributed by atoms with Crippen LogP contribution >= 0.6 is 0 Å². The van der Waals surface area contributed by atoms with E-state index in [1.54, 1.807) is 13.3 Å². The molecule has 6 rings (SSSR count). The van der Waals surface area contributed by atoms with E-state index in [0.717, 1.165) is 27.9 Å². The molecule has 0 aliphatic rings. The molecule has 2 aromatic heterocycles. The van der Waals surface area contributed by atoms with Crippen molar-refractivity contribution in [3.63, 3.8) is 0 Å². The Morgan fingerprint density at radius 3 is 1.88 bits per heavy atom. The zero-order chi connectivity index (χ0) is 21.5. The van der Waals surface area contributed by atoms with Gasteiger partial charge < -0.3 is 4.74 Å². The molecule has 0 bridgehead atoms. The number of fused-ring (bicyclic) bond motifs is 3. The SMILES string of the molecule is COc1ccc(-c2c3ccccc3c(-c3ccc4ccncc4n3)c3ccccc23)cc1. The Kier molecular flexibility index (Phi) is 4.32. The van der Waals surface area contributed by atoms with Crippen molar-refractivity contribution in [2.45, 2.75) is 0 Å². The quantitative estimate of drug-likeness (QED) is 0.287. The first-order valence-electron chi connectivity index (χ1n) is 10.6. The van der Waals surface area contributed by atoms with Gasteiger partial charge in [0.15, 0.2) is 0 Å². The first-order valence-corrected chi connectivity index (χ1v) is 10.6. The molecule has 32 heavy (non-hydrogen) atoms. The van der Waals surface area contributed by atoms with Crippen molar-refractivity contribution in [2.75, 3.05) is 7.11 Å². The van der Waals surface area contributed by atoms with Crippen LogP contribution in [0.15, 0.2) is 103 Å². The molecular formula is C29H20N2O. The number of ether oxygens (including phenoxy) is 1. The van der Waals surface area contributed by atoms with Crippen LogP contribution in [0.5, 0.6) is 5.75 Å². The highest BCUT2D eigenvalue weighted by Gasteiger charge is 2.17. The summed E-state index contributed by atoms with van der Waals surface area (Å²) in [6.07, 6.45) is 3.63. The molecular weight excluding hydrogens is 392 g/mol. The summed E-state index contributed by atoms with van der Waals surface area (Å²) >= 11 is 0. The van der Waals surface area contributed by atoms with E-state index < -0.39 is 0 Å². The number of nitrogens with zero attached hydrogens (tertiary/aromatic N) is 2. The van der Waals surface area contributed by atoms with Gasteiger partial charge in [-0.15, -0.1) is 0 Å². The molecule has 3 heteroatoms. The molecule has 0 aliphatic carbocycles. The molecule has 0 saturated carbocycles. The van der Waals surface area contributed by atoms with E-state index in [-0.39, 0.29) is 0 Å². The topological polar surface area (TPSA) is 35.0 Å². The van der Waals surface area contributed by atoms with E-state index in [2.05, 4.69) is 77.8 Å². The molecule has 4 aromatic carbocycles. The highest BCUT2D eigenvalue weighted by Crippen LogP contribution is 2.43. The second-order valence-corrected chi connectivity index (χ2v) is 7.83. The van der Waals surface area contributed by atoms with Gasteiger partial charge in [-0.2, -0.15) is 0 Å². The van der Waals surface area contributed by atoms with Crippen molar-refractivity contribution in [2.24, 2.45) is 0 Å². The first-order chi connectivity index (χ1) is 15.8. The lowest BCUT2D eigenvalue weighted by molar-refractivity contribution is 0.415. The minimum atomic E-state index is 0.855. The molecule has 0 spiro atoms. The van der Waals surface area contributed by atoms with Crippen LogP contribution in [0.2, 0.25) is 0 Å². The van der Waals surface area contributed by atoms with Crippen molar-refractivity contribution >= 4 is 32.4 Å². The van der Waals surface area contributed by atoms with Crippen LogP contribution in [0, 0.1) is 0 Å². The summed E-state index contributed by atoms with van der Waals surface area (Å²) < 4.78 is 5.38. The summed E-state index contributed by atoms with van der Waals surface area (Å²) in [6, 6.07) is 31.7. The molecule has 0 radical (unpaired) electrons. The monoisotopic (exact) mass is 412 g/mol. The van der Waals surface area contributed by atoms with Gasteiger partial charge in [0.1, 0.15) is 5.75 Å². The van der Waals surface area contributed by atoms with E-state index in [1.807, 2.05) is 24.4 Å². The highest BCUT2D eigenvalue weighted by molar-refractivity contribution is 6.21. The van der Waals surface area contributed by atoms with Gasteiger partial charge in [0.05, 0.1) is 24.5 Å². The molecule has 3 nitrogen and oxygen atoms in total. The second-order valence-electron chi connectivity index (χ2n) is 7.83. The van der Waals surface area contributed by atoms with E-state index in [4.69, 9.17) is 9.72 Å². The third kappa shape index (κ3) is 2.90. The van der Waals surface area contributed by atoms with Gasteiger partial charge in [0.25, 0.3) is 0 Å². The maximum absolute atomic E-state index is 5.38. The largest absolute Gasteiger partial charge is 0.497 e. The molecule has 0 atom stereocenters. The summed E-state index contributed by atoms with van der Waals surface area (Å²) in [5.41, 5.74) is 5.40. The van der Waals surface area contributed by atoms with E-state index in [0.29, 0.717) is 0 Å². The molecule has 152 valence electrons. The fourth-order valence-corrected chi connectivity index (χ4v) is 4.58. The number of aromatic nitrogens is 2. The zero-order valence-corrected chi connectivity index (χ0v) is 17.6. The summed E-state index contributed by atoms with van der Waals surface area (Å²) in [5, 5.41) is 5.88. The van der Waals surface area contributed by atoms with E-state index in [9.17, 15) is 0 Å². The summed E-state index contributed by atoms with van der Waals surface area (Å²) in [7, 11) is 1.70. The van der Waals surface area contributed by atoms with Crippen LogP contribution < -0.4 is 4.74 Å². The first kappa shape index (κ1) is 18.5. The molecule has 0 fully saturated rings. The molecule has 0 aliphatic heterocycles. The zero-order valence-electron chi connectivity index (χ0n) is 17.6. The number of benzene rings is 4. The Labute approximate surface area is 186 Å². The lowest BCUT2D eigenvalue weighted by Gasteiger charge is -2.17. The molecule has 2 heterocycles. The molecule has 0 saturated heterocycles.